The van der Waals surface area contributed by atoms with E-state index in [1.54, 1.807) is 17.1 Å². The van der Waals surface area contributed by atoms with Crippen molar-refractivity contribution in [2.75, 3.05) is 11.9 Å². The van der Waals surface area contributed by atoms with E-state index in [1.807, 2.05) is 0 Å². The number of nitrogens with zero attached hydrogens (tertiary/aromatic N) is 2. The van der Waals surface area contributed by atoms with Gasteiger partial charge in [-0.15, -0.1) is 0 Å². The van der Waals surface area contributed by atoms with E-state index < -0.39 is 0 Å². The zero-order valence-electron chi connectivity index (χ0n) is 12.7. The van der Waals surface area contributed by atoms with Crippen molar-refractivity contribution in [2.45, 2.75) is 32.7 Å². The normalized spacial score (nSPS) is 10.5. The van der Waals surface area contributed by atoms with Gasteiger partial charge in [-0.25, -0.2) is 0 Å². The maximum absolute atomic E-state index is 5.81. The molecule has 22 heavy (non-hydrogen) atoms. The largest absolute Gasteiger partial charge is 0.361 e. The molecule has 2 N–H and O–H groups in total. The van der Waals surface area contributed by atoms with Crippen molar-refractivity contribution >= 4 is 34.6 Å². The standard InChI is InChI=1S/C16H21ClN4S/c1-2-3-4-13-5-7-15(8-6-13)20-16(22)18-9-10-21-12-14(17)11-19-21/h5-8,11-12H,2-4,9-10H2,1H3,(H2,18,20,22). The topological polar surface area (TPSA) is 41.9 Å². The molecule has 6 heteroatoms. The Morgan fingerprint density at radius 1 is 1.32 bits per heavy atom. The Kier molecular flexibility index (Phi) is 6.68. The fourth-order valence-corrected chi connectivity index (χ4v) is 2.43. The Labute approximate surface area is 141 Å². The highest BCUT2D eigenvalue weighted by Gasteiger charge is 1.99. The second kappa shape index (κ2) is 8.76. The summed E-state index contributed by atoms with van der Waals surface area (Å²) in [5.74, 6) is 0. The molecule has 2 aromatic rings. The maximum atomic E-state index is 5.81. The van der Waals surface area contributed by atoms with Crippen LogP contribution in [0.1, 0.15) is 25.3 Å². The van der Waals surface area contributed by atoms with E-state index in [1.165, 1.54) is 18.4 Å². The third kappa shape index (κ3) is 5.66. The van der Waals surface area contributed by atoms with E-state index in [0.29, 0.717) is 23.2 Å². The van der Waals surface area contributed by atoms with Crippen molar-refractivity contribution in [3.05, 3.63) is 47.2 Å². The predicted molar refractivity (Wildman–Crippen MR) is 96.5 cm³/mol. The van der Waals surface area contributed by atoms with E-state index >= 15 is 0 Å². The van der Waals surface area contributed by atoms with Crippen molar-refractivity contribution in [3.63, 3.8) is 0 Å². The molecule has 0 amide bonds. The van der Waals surface area contributed by atoms with Crippen LogP contribution < -0.4 is 10.6 Å². The molecule has 0 saturated heterocycles. The molecule has 0 saturated carbocycles. The van der Waals surface area contributed by atoms with Crippen molar-refractivity contribution in [3.8, 4) is 0 Å². The van der Waals surface area contributed by atoms with Crippen LogP contribution in [0.4, 0.5) is 5.69 Å². The quantitative estimate of drug-likeness (QED) is 0.753. The Morgan fingerprint density at radius 3 is 2.73 bits per heavy atom. The second-order valence-corrected chi connectivity index (χ2v) is 5.95. The fraction of sp³-hybridized carbons (Fsp3) is 0.375. The molecule has 4 nitrogen and oxygen atoms in total. The predicted octanol–water partition coefficient (Wildman–Crippen LogP) is 3.87. The fourth-order valence-electron chi connectivity index (χ4n) is 2.06. The molecule has 0 aliphatic rings. The third-order valence-corrected chi connectivity index (χ3v) is 3.70. The lowest BCUT2D eigenvalue weighted by Gasteiger charge is -2.11. The van der Waals surface area contributed by atoms with Crippen molar-refractivity contribution in [1.82, 2.24) is 15.1 Å². The zero-order valence-corrected chi connectivity index (χ0v) is 14.3. The van der Waals surface area contributed by atoms with Crippen LogP contribution in [-0.4, -0.2) is 21.4 Å². The third-order valence-electron chi connectivity index (χ3n) is 3.26. The first-order valence-electron chi connectivity index (χ1n) is 7.49. The molecule has 0 aliphatic heterocycles. The smallest absolute Gasteiger partial charge is 0.170 e. The average Bonchev–Trinajstić information content (AvgIpc) is 2.92. The molecule has 0 fully saturated rings. The summed E-state index contributed by atoms with van der Waals surface area (Å²) in [6.07, 6.45) is 6.98. The van der Waals surface area contributed by atoms with Gasteiger partial charge in [0, 0.05) is 18.4 Å². The average molecular weight is 337 g/mol. The van der Waals surface area contributed by atoms with Gasteiger partial charge in [-0.1, -0.05) is 37.1 Å². The lowest BCUT2D eigenvalue weighted by molar-refractivity contribution is 0.604. The van der Waals surface area contributed by atoms with E-state index in [2.05, 4.69) is 46.9 Å². The summed E-state index contributed by atoms with van der Waals surface area (Å²) in [5.41, 5.74) is 2.36. The van der Waals surface area contributed by atoms with Crippen LogP contribution in [-0.2, 0) is 13.0 Å². The van der Waals surface area contributed by atoms with Gasteiger partial charge in [-0.3, -0.25) is 4.68 Å². The Hall–Kier alpha value is -1.59. The molecule has 1 heterocycles. The van der Waals surface area contributed by atoms with Crippen LogP contribution in [0, 0.1) is 0 Å². The first-order chi connectivity index (χ1) is 10.7. The van der Waals surface area contributed by atoms with Crippen LogP contribution in [0.15, 0.2) is 36.7 Å². The summed E-state index contributed by atoms with van der Waals surface area (Å²) in [7, 11) is 0. The number of benzene rings is 1. The number of hydrogen-bond donors (Lipinski definition) is 2. The number of unbranched alkanes of at least 4 members (excludes halogenated alkanes) is 1. The molecular weight excluding hydrogens is 316 g/mol. The van der Waals surface area contributed by atoms with Gasteiger partial charge in [0.1, 0.15) is 0 Å². The molecule has 0 unspecified atom stereocenters. The molecule has 1 aromatic carbocycles. The first kappa shape index (κ1) is 16.8. The number of aromatic nitrogens is 2. The summed E-state index contributed by atoms with van der Waals surface area (Å²) in [5, 5.41) is 11.7. The lowest BCUT2D eigenvalue weighted by atomic mass is 10.1. The number of nitrogens with one attached hydrogen (secondary N) is 2. The minimum absolute atomic E-state index is 0.611. The summed E-state index contributed by atoms with van der Waals surface area (Å²) in [4.78, 5) is 0. The highest BCUT2D eigenvalue weighted by atomic mass is 35.5. The molecule has 1 aromatic heterocycles. The number of rotatable bonds is 7. The SMILES string of the molecule is CCCCc1ccc(NC(=S)NCCn2cc(Cl)cn2)cc1. The second-order valence-electron chi connectivity index (χ2n) is 5.10. The Bertz CT molecular complexity index is 594. The van der Waals surface area contributed by atoms with Crippen molar-refractivity contribution in [1.29, 1.82) is 0 Å². The number of hydrogen-bond acceptors (Lipinski definition) is 2. The van der Waals surface area contributed by atoms with Gasteiger partial charge in [0.25, 0.3) is 0 Å². The van der Waals surface area contributed by atoms with Crippen LogP contribution in [0.25, 0.3) is 0 Å². The molecular formula is C16H21ClN4S. The van der Waals surface area contributed by atoms with Gasteiger partial charge >= 0.3 is 0 Å². The highest BCUT2D eigenvalue weighted by molar-refractivity contribution is 7.80. The van der Waals surface area contributed by atoms with Crippen LogP contribution in [0.3, 0.4) is 0 Å². The molecule has 0 aliphatic carbocycles. The minimum Gasteiger partial charge on any atom is -0.361 e. The minimum atomic E-state index is 0.611. The Balaban J connectivity index is 1.72. The summed E-state index contributed by atoms with van der Waals surface area (Å²) in [6.45, 7) is 3.61. The molecule has 2 rings (SSSR count). The molecule has 0 radical (unpaired) electrons. The molecule has 118 valence electrons. The van der Waals surface area contributed by atoms with Crippen LogP contribution >= 0.6 is 23.8 Å². The summed E-state index contributed by atoms with van der Waals surface area (Å²) in [6, 6.07) is 8.41. The highest BCUT2D eigenvalue weighted by Crippen LogP contribution is 2.11. The van der Waals surface area contributed by atoms with Crippen LogP contribution in [0.2, 0.25) is 5.02 Å². The van der Waals surface area contributed by atoms with Gasteiger partial charge in [-0.2, -0.15) is 5.10 Å². The van der Waals surface area contributed by atoms with E-state index in [0.717, 1.165) is 12.1 Å². The maximum Gasteiger partial charge on any atom is 0.170 e. The lowest BCUT2D eigenvalue weighted by Crippen LogP contribution is -2.31. The number of anilines is 1. The van der Waals surface area contributed by atoms with E-state index in [-0.39, 0.29) is 0 Å². The molecule has 0 atom stereocenters. The van der Waals surface area contributed by atoms with Crippen molar-refractivity contribution < 1.29 is 0 Å². The number of aryl methyl sites for hydroxylation is 1. The van der Waals surface area contributed by atoms with Gasteiger partial charge in [-0.05, 0) is 42.8 Å². The zero-order chi connectivity index (χ0) is 15.8. The Morgan fingerprint density at radius 2 is 2.09 bits per heavy atom. The number of halogens is 1. The van der Waals surface area contributed by atoms with E-state index in [4.69, 9.17) is 23.8 Å². The van der Waals surface area contributed by atoms with Gasteiger partial charge in [0.2, 0.25) is 0 Å². The van der Waals surface area contributed by atoms with Gasteiger partial charge in [0.05, 0.1) is 17.8 Å². The monoisotopic (exact) mass is 336 g/mol. The summed E-state index contributed by atoms with van der Waals surface area (Å²) < 4.78 is 1.78. The summed E-state index contributed by atoms with van der Waals surface area (Å²) >= 11 is 11.1. The van der Waals surface area contributed by atoms with Crippen molar-refractivity contribution in [2.24, 2.45) is 0 Å². The van der Waals surface area contributed by atoms with Crippen LogP contribution in [0.5, 0.6) is 0 Å². The van der Waals surface area contributed by atoms with Gasteiger partial charge in [0.15, 0.2) is 5.11 Å². The first-order valence-corrected chi connectivity index (χ1v) is 8.27. The molecule has 0 spiro atoms. The van der Waals surface area contributed by atoms with Gasteiger partial charge < -0.3 is 10.6 Å². The number of thiocarbonyl (C=S) groups is 1. The van der Waals surface area contributed by atoms with E-state index in [9.17, 15) is 0 Å². The molecule has 0 bridgehead atoms.